The van der Waals surface area contributed by atoms with Crippen molar-refractivity contribution in [3.8, 4) is 11.1 Å². The fraction of sp³-hybridized carbons (Fsp3) is 0.182. The van der Waals surface area contributed by atoms with Crippen molar-refractivity contribution in [1.82, 2.24) is 9.78 Å². The summed E-state index contributed by atoms with van der Waals surface area (Å²) in [6.45, 7) is 1.22. The summed E-state index contributed by atoms with van der Waals surface area (Å²) >= 11 is 0. The average molecular weight is 242 g/mol. The van der Waals surface area contributed by atoms with E-state index in [-0.39, 0.29) is 18.2 Å². The molecule has 0 unspecified atom stereocenters. The summed E-state index contributed by atoms with van der Waals surface area (Å²) in [6, 6.07) is 6.45. The van der Waals surface area contributed by atoms with Crippen LogP contribution in [0.15, 0.2) is 36.7 Å². The zero-order valence-corrected chi connectivity index (χ0v) is 9.45. The Hall–Kier alpha value is -1.39. The highest BCUT2D eigenvalue weighted by molar-refractivity contribution is 5.85. The summed E-state index contributed by atoms with van der Waals surface area (Å²) in [6.07, 6.45) is 3.58. The lowest BCUT2D eigenvalue weighted by Gasteiger charge is -1.97. The second-order valence-electron chi connectivity index (χ2n) is 3.29. The molecule has 1 heterocycles. The standard InChI is InChI=1S/C11H12FN3.ClH/c12-11-3-1-2-9(6-11)10-7-14-15(8-10)5-4-13;/h1-3,6-8H,4-5,13H2;1H. The molecule has 0 saturated carbocycles. The Labute approximate surface area is 99.5 Å². The van der Waals surface area contributed by atoms with Gasteiger partial charge in [0.25, 0.3) is 0 Å². The molecule has 16 heavy (non-hydrogen) atoms. The molecule has 2 N–H and O–H groups in total. The van der Waals surface area contributed by atoms with Crippen LogP contribution < -0.4 is 5.73 Å². The van der Waals surface area contributed by atoms with Crippen LogP contribution in [0.1, 0.15) is 0 Å². The van der Waals surface area contributed by atoms with Gasteiger partial charge in [0.2, 0.25) is 0 Å². The van der Waals surface area contributed by atoms with Gasteiger partial charge in [-0.25, -0.2) is 4.39 Å². The normalized spacial score (nSPS) is 9.88. The van der Waals surface area contributed by atoms with Gasteiger partial charge in [0.05, 0.1) is 12.7 Å². The lowest BCUT2D eigenvalue weighted by molar-refractivity contribution is 0.625. The molecule has 86 valence electrons. The molecule has 3 nitrogen and oxygen atoms in total. The molecule has 0 fully saturated rings. The van der Waals surface area contributed by atoms with E-state index >= 15 is 0 Å². The second-order valence-corrected chi connectivity index (χ2v) is 3.29. The fourth-order valence-electron chi connectivity index (χ4n) is 1.44. The van der Waals surface area contributed by atoms with Gasteiger partial charge >= 0.3 is 0 Å². The van der Waals surface area contributed by atoms with Gasteiger partial charge in [-0.2, -0.15) is 5.10 Å². The molecule has 2 rings (SSSR count). The topological polar surface area (TPSA) is 43.8 Å². The Kier molecular flexibility index (Phi) is 4.46. The number of rotatable bonds is 3. The molecule has 0 aliphatic heterocycles. The van der Waals surface area contributed by atoms with E-state index in [2.05, 4.69) is 5.10 Å². The van der Waals surface area contributed by atoms with Gasteiger partial charge in [0, 0.05) is 18.3 Å². The van der Waals surface area contributed by atoms with Crippen LogP contribution in [0.25, 0.3) is 11.1 Å². The molecule has 0 aliphatic carbocycles. The van der Waals surface area contributed by atoms with Crippen molar-refractivity contribution in [2.45, 2.75) is 6.54 Å². The van der Waals surface area contributed by atoms with Gasteiger partial charge in [-0.1, -0.05) is 12.1 Å². The highest BCUT2D eigenvalue weighted by Crippen LogP contribution is 2.18. The minimum absolute atomic E-state index is 0. The van der Waals surface area contributed by atoms with E-state index in [1.54, 1.807) is 16.9 Å². The molecular formula is C11H13ClFN3. The molecule has 0 radical (unpaired) electrons. The van der Waals surface area contributed by atoms with E-state index in [0.29, 0.717) is 13.1 Å². The predicted molar refractivity (Wildman–Crippen MR) is 63.9 cm³/mol. The Balaban J connectivity index is 0.00000128. The number of hydrogen-bond donors (Lipinski definition) is 1. The van der Waals surface area contributed by atoms with Gasteiger partial charge < -0.3 is 5.73 Å². The maximum atomic E-state index is 13.0. The van der Waals surface area contributed by atoms with E-state index in [4.69, 9.17) is 5.73 Å². The Bertz CT molecular complexity index is 456. The van der Waals surface area contributed by atoms with E-state index in [1.807, 2.05) is 12.3 Å². The van der Waals surface area contributed by atoms with E-state index in [0.717, 1.165) is 11.1 Å². The molecule has 1 aromatic heterocycles. The van der Waals surface area contributed by atoms with Gasteiger partial charge in [0.15, 0.2) is 0 Å². The first-order valence-electron chi connectivity index (χ1n) is 4.78. The summed E-state index contributed by atoms with van der Waals surface area (Å²) in [5.74, 6) is -0.237. The first kappa shape index (κ1) is 12.7. The van der Waals surface area contributed by atoms with Gasteiger partial charge in [-0.05, 0) is 17.7 Å². The third-order valence-electron chi connectivity index (χ3n) is 2.15. The zero-order chi connectivity index (χ0) is 10.7. The molecule has 5 heteroatoms. The van der Waals surface area contributed by atoms with Crippen LogP contribution in [0.2, 0.25) is 0 Å². The Morgan fingerprint density at radius 3 is 2.81 bits per heavy atom. The molecule has 0 saturated heterocycles. The smallest absolute Gasteiger partial charge is 0.123 e. The van der Waals surface area contributed by atoms with Gasteiger partial charge in [-0.15, -0.1) is 12.4 Å². The second kappa shape index (κ2) is 5.63. The molecule has 0 spiro atoms. The minimum atomic E-state index is -0.237. The Morgan fingerprint density at radius 1 is 1.31 bits per heavy atom. The predicted octanol–water partition coefficient (Wildman–Crippen LogP) is 2.07. The quantitative estimate of drug-likeness (QED) is 0.894. The van der Waals surface area contributed by atoms with E-state index < -0.39 is 0 Å². The fourth-order valence-corrected chi connectivity index (χ4v) is 1.44. The van der Waals surface area contributed by atoms with Crippen LogP contribution in [0, 0.1) is 5.82 Å². The summed E-state index contributed by atoms with van der Waals surface area (Å²) in [5, 5.41) is 4.13. The van der Waals surface area contributed by atoms with Crippen LogP contribution in [-0.2, 0) is 6.54 Å². The first-order chi connectivity index (χ1) is 7.29. The van der Waals surface area contributed by atoms with Crippen molar-refractivity contribution in [3.05, 3.63) is 42.5 Å². The van der Waals surface area contributed by atoms with Crippen molar-refractivity contribution in [2.75, 3.05) is 6.54 Å². The SMILES string of the molecule is Cl.NCCn1cc(-c2cccc(F)c2)cn1. The number of benzene rings is 1. The molecular weight excluding hydrogens is 229 g/mol. The van der Waals surface area contributed by atoms with Crippen molar-refractivity contribution in [2.24, 2.45) is 5.73 Å². The minimum Gasteiger partial charge on any atom is -0.329 e. The van der Waals surface area contributed by atoms with Crippen molar-refractivity contribution < 1.29 is 4.39 Å². The lowest BCUT2D eigenvalue weighted by Crippen LogP contribution is -2.09. The van der Waals surface area contributed by atoms with Gasteiger partial charge in [0.1, 0.15) is 5.82 Å². The molecule has 0 amide bonds. The number of nitrogens with zero attached hydrogens (tertiary/aromatic N) is 2. The lowest BCUT2D eigenvalue weighted by atomic mass is 10.1. The van der Waals surface area contributed by atoms with Crippen LogP contribution in [0.4, 0.5) is 4.39 Å². The average Bonchev–Trinajstić information content (AvgIpc) is 2.67. The zero-order valence-electron chi connectivity index (χ0n) is 8.64. The molecule has 2 aromatic rings. The maximum Gasteiger partial charge on any atom is 0.123 e. The third kappa shape index (κ3) is 2.81. The first-order valence-corrected chi connectivity index (χ1v) is 4.78. The monoisotopic (exact) mass is 241 g/mol. The van der Waals surface area contributed by atoms with Crippen molar-refractivity contribution in [1.29, 1.82) is 0 Å². The number of nitrogens with two attached hydrogens (primary N) is 1. The summed E-state index contributed by atoms with van der Waals surface area (Å²) in [5.41, 5.74) is 7.15. The van der Waals surface area contributed by atoms with Crippen LogP contribution in [0.3, 0.4) is 0 Å². The summed E-state index contributed by atoms with van der Waals surface area (Å²) in [4.78, 5) is 0. The van der Waals surface area contributed by atoms with E-state index in [1.165, 1.54) is 12.1 Å². The number of halogens is 2. The highest BCUT2D eigenvalue weighted by atomic mass is 35.5. The molecule has 0 aliphatic rings. The Morgan fingerprint density at radius 2 is 2.12 bits per heavy atom. The molecule has 1 aromatic carbocycles. The van der Waals surface area contributed by atoms with Crippen LogP contribution in [-0.4, -0.2) is 16.3 Å². The van der Waals surface area contributed by atoms with Crippen molar-refractivity contribution in [3.63, 3.8) is 0 Å². The largest absolute Gasteiger partial charge is 0.329 e. The number of hydrogen-bond acceptors (Lipinski definition) is 2. The molecule has 0 bridgehead atoms. The summed E-state index contributed by atoms with van der Waals surface area (Å²) < 4.78 is 14.7. The third-order valence-corrected chi connectivity index (χ3v) is 2.15. The van der Waals surface area contributed by atoms with Crippen LogP contribution in [0.5, 0.6) is 0 Å². The van der Waals surface area contributed by atoms with Gasteiger partial charge in [-0.3, -0.25) is 4.68 Å². The number of aromatic nitrogens is 2. The van der Waals surface area contributed by atoms with Crippen LogP contribution >= 0.6 is 12.4 Å². The highest BCUT2D eigenvalue weighted by Gasteiger charge is 2.01. The van der Waals surface area contributed by atoms with Crippen molar-refractivity contribution >= 4 is 12.4 Å². The maximum absolute atomic E-state index is 13.0. The molecule has 0 atom stereocenters. The van der Waals surface area contributed by atoms with E-state index in [9.17, 15) is 4.39 Å². The summed E-state index contributed by atoms with van der Waals surface area (Å²) in [7, 11) is 0.